The summed E-state index contributed by atoms with van der Waals surface area (Å²) < 4.78 is 14.9. The summed E-state index contributed by atoms with van der Waals surface area (Å²) in [7, 11) is 0. The van der Waals surface area contributed by atoms with Crippen molar-refractivity contribution in [3.8, 4) is 11.3 Å². The average Bonchev–Trinajstić information content (AvgIpc) is 2.72. The summed E-state index contributed by atoms with van der Waals surface area (Å²) in [5, 5.41) is 0. The smallest absolute Gasteiger partial charge is 0.237 e. The number of benzene rings is 1. The van der Waals surface area contributed by atoms with E-state index in [1.54, 1.807) is 12.1 Å². The molecule has 0 bridgehead atoms. The van der Waals surface area contributed by atoms with Crippen molar-refractivity contribution in [2.75, 3.05) is 0 Å². The number of H-pyrrole nitrogens is 1. The van der Waals surface area contributed by atoms with Gasteiger partial charge in [0.1, 0.15) is 12.0 Å². The number of aromatic amines is 1. The molecule has 3 rings (SSSR count). The van der Waals surface area contributed by atoms with Gasteiger partial charge in [0.05, 0.1) is 6.20 Å². The Morgan fingerprint density at radius 3 is 2.53 bits per heavy atom. The van der Waals surface area contributed by atoms with E-state index in [2.05, 4.69) is 24.2 Å². The highest BCUT2D eigenvalue weighted by atomic mass is 19.1. The number of aromatic nitrogens is 2. The molecule has 3 aromatic rings. The maximum Gasteiger partial charge on any atom is 0.284 e. The third-order valence-corrected chi connectivity index (χ3v) is 2.81. The predicted molar refractivity (Wildman–Crippen MR) is 64.1 cm³/mol. The van der Waals surface area contributed by atoms with E-state index in [4.69, 9.17) is 0 Å². The Hall–Kier alpha value is -2.16. The van der Waals surface area contributed by atoms with Crippen molar-refractivity contribution in [3.63, 3.8) is 0 Å². The summed E-state index contributed by atoms with van der Waals surface area (Å²) in [6, 6.07) is 10.6. The van der Waals surface area contributed by atoms with Gasteiger partial charge in [-0.1, -0.05) is 0 Å². The molecule has 0 saturated heterocycles. The second-order valence-electron chi connectivity index (χ2n) is 4.17. The first kappa shape index (κ1) is 10.0. The SMILES string of the molecule is Cc1ccc2[nH]c(-c3ccc(F)cc3)c[n+]2c1. The number of hydrogen-bond donors (Lipinski definition) is 1. The Morgan fingerprint density at radius 2 is 1.76 bits per heavy atom. The molecular weight excluding hydrogens is 215 g/mol. The minimum atomic E-state index is -0.214. The molecule has 0 atom stereocenters. The van der Waals surface area contributed by atoms with Crippen molar-refractivity contribution in [1.82, 2.24) is 4.98 Å². The highest BCUT2D eigenvalue weighted by Gasteiger charge is 2.10. The standard InChI is InChI=1S/C14H11FN2/c1-10-2-7-14-16-13(9-17(14)8-10)11-3-5-12(15)6-4-11/h2-9H,1H3/p+1. The van der Waals surface area contributed by atoms with Crippen LogP contribution in [0.5, 0.6) is 0 Å². The number of nitrogens with one attached hydrogen (secondary N) is 1. The molecule has 2 heterocycles. The van der Waals surface area contributed by atoms with Gasteiger partial charge in [0, 0.05) is 11.6 Å². The van der Waals surface area contributed by atoms with E-state index in [0.717, 1.165) is 16.9 Å². The minimum absolute atomic E-state index is 0.214. The summed E-state index contributed by atoms with van der Waals surface area (Å²) in [6.45, 7) is 2.05. The van der Waals surface area contributed by atoms with Crippen LogP contribution in [0.2, 0.25) is 0 Å². The molecule has 2 nitrogen and oxygen atoms in total. The van der Waals surface area contributed by atoms with Gasteiger partial charge in [-0.15, -0.1) is 0 Å². The number of hydrogen-bond acceptors (Lipinski definition) is 0. The Bertz CT molecular complexity index is 668. The lowest BCUT2D eigenvalue weighted by Gasteiger charge is -1.91. The molecule has 1 N–H and O–H groups in total. The molecule has 0 fully saturated rings. The number of halogens is 1. The third kappa shape index (κ3) is 1.80. The van der Waals surface area contributed by atoms with Gasteiger partial charge in [0.25, 0.3) is 5.65 Å². The highest BCUT2D eigenvalue weighted by Crippen LogP contribution is 2.17. The molecule has 0 saturated carbocycles. The number of nitrogens with zero attached hydrogens (tertiary/aromatic N) is 1. The molecule has 17 heavy (non-hydrogen) atoms. The Kier molecular flexibility index (Phi) is 2.18. The highest BCUT2D eigenvalue weighted by molar-refractivity contribution is 5.59. The van der Waals surface area contributed by atoms with Gasteiger partial charge >= 0.3 is 0 Å². The van der Waals surface area contributed by atoms with Crippen LogP contribution < -0.4 is 4.40 Å². The van der Waals surface area contributed by atoms with Gasteiger partial charge in [0.2, 0.25) is 0 Å². The zero-order valence-electron chi connectivity index (χ0n) is 9.44. The van der Waals surface area contributed by atoms with Crippen LogP contribution in [0.3, 0.4) is 0 Å². The van der Waals surface area contributed by atoms with Crippen molar-refractivity contribution in [3.05, 3.63) is 60.2 Å². The third-order valence-electron chi connectivity index (χ3n) is 2.81. The summed E-state index contributed by atoms with van der Waals surface area (Å²) in [4.78, 5) is 3.30. The first-order valence-electron chi connectivity index (χ1n) is 5.49. The molecule has 0 aliphatic carbocycles. The van der Waals surface area contributed by atoms with E-state index in [1.807, 2.05) is 16.7 Å². The molecule has 0 aliphatic rings. The van der Waals surface area contributed by atoms with Crippen LogP contribution in [0, 0.1) is 12.7 Å². The summed E-state index contributed by atoms with van der Waals surface area (Å²) >= 11 is 0. The first-order valence-corrected chi connectivity index (χ1v) is 5.49. The Balaban J connectivity index is 2.14. The van der Waals surface area contributed by atoms with E-state index in [9.17, 15) is 4.39 Å². The molecule has 84 valence electrons. The van der Waals surface area contributed by atoms with E-state index < -0.39 is 0 Å². The lowest BCUT2D eigenvalue weighted by Crippen LogP contribution is -2.17. The van der Waals surface area contributed by atoms with Crippen LogP contribution >= 0.6 is 0 Å². The molecule has 0 amide bonds. The summed E-state index contributed by atoms with van der Waals surface area (Å²) in [5.74, 6) is -0.214. The quantitative estimate of drug-likeness (QED) is 0.617. The zero-order valence-corrected chi connectivity index (χ0v) is 9.44. The normalized spacial score (nSPS) is 10.9. The average molecular weight is 227 g/mol. The van der Waals surface area contributed by atoms with Crippen molar-refractivity contribution in [1.29, 1.82) is 0 Å². The lowest BCUT2D eigenvalue weighted by molar-refractivity contribution is -0.510. The van der Waals surface area contributed by atoms with Crippen molar-refractivity contribution >= 4 is 5.65 Å². The van der Waals surface area contributed by atoms with Crippen molar-refractivity contribution in [2.24, 2.45) is 0 Å². The van der Waals surface area contributed by atoms with Crippen molar-refractivity contribution < 1.29 is 8.79 Å². The Morgan fingerprint density at radius 1 is 1.00 bits per heavy atom. The van der Waals surface area contributed by atoms with Crippen molar-refractivity contribution in [2.45, 2.75) is 6.92 Å². The minimum Gasteiger partial charge on any atom is -0.237 e. The van der Waals surface area contributed by atoms with Crippen LogP contribution in [0.25, 0.3) is 16.9 Å². The first-order chi connectivity index (χ1) is 8.22. The number of pyridine rings is 1. The monoisotopic (exact) mass is 227 g/mol. The fourth-order valence-electron chi connectivity index (χ4n) is 1.93. The molecule has 0 spiro atoms. The van der Waals surface area contributed by atoms with Crippen LogP contribution in [-0.2, 0) is 0 Å². The van der Waals surface area contributed by atoms with Gasteiger partial charge in [-0.25, -0.2) is 13.8 Å². The summed E-state index contributed by atoms with van der Waals surface area (Å²) in [5.41, 5.74) is 4.19. The van der Waals surface area contributed by atoms with E-state index >= 15 is 0 Å². The molecule has 0 aliphatic heterocycles. The van der Waals surface area contributed by atoms with Gasteiger partial charge < -0.3 is 0 Å². The van der Waals surface area contributed by atoms with Crippen LogP contribution in [0.4, 0.5) is 4.39 Å². The van der Waals surface area contributed by atoms with E-state index in [1.165, 1.54) is 17.7 Å². The molecule has 3 heteroatoms. The molecule has 0 radical (unpaired) electrons. The topological polar surface area (TPSA) is 19.9 Å². The van der Waals surface area contributed by atoms with Gasteiger partial charge in [-0.2, -0.15) is 0 Å². The van der Waals surface area contributed by atoms with Gasteiger partial charge in [-0.3, -0.25) is 0 Å². The second kappa shape index (κ2) is 3.70. The van der Waals surface area contributed by atoms with Crippen LogP contribution in [-0.4, -0.2) is 4.98 Å². The van der Waals surface area contributed by atoms with Gasteiger partial charge in [0.15, 0.2) is 5.69 Å². The van der Waals surface area contributed by atoms with Crippen LogP contribution in [0.15, 0.2) is 48.8 Å². The van der Waals surface area contributed by atoms with E-state index in [-0.39, 0.29) is 5.82 Å². The fraction of sp³-hybridized carbons (Fsp3) is 0.0714. The van der Waals surface area contributed by atoms with Gasteiger partial charge in [-0.05, 0) is 42.8 Å². The number of aryl methyl sites for hydroxylation is 1. The second-order valence-corrected chi connectivity index (χ2v) is 4.17. The Labute approximate surface area is 98.4 Å². The largest absolute Gasteiger partial charge is 0.284 e. The maximum atomic E-state index is 12.8. The molecule has 0 unspecified atom stereocenters. The maximum absolute atomic E-state index is 12.8. The molecule has 1 aromatic carbocycles. The number of fused-ring (bicyclic) bond motifs is 1. The van der Waals surface area contributed by atoms with E-state index in [0.29, 0.717) is 0 Å². The number of imidazole rings is 1. The number of rotatable bonds is 1. The predicted octanol–water partition coefficient (Wildman–Crippen LogP) is 2.87. The fourth-order valence-corrected chi connectivity index (χ4v) is 1.93. The molecular formula is C14H12FN2+. The molecule has 2 aromatic heterocycles. The summed E-state index contributed by atoms with van der Waals surface area (Å²) in [6.07, 6.45) is 4.06. The lowest BCUT2D eigenvalue weighted by atomic mass is 10.2. The van der Waals surface area contributed by atoms with Crippen LogP contribution in [0.1, 0.15) is 5.56 Å². The zero-order chi connectivity index (χ0) is 11.8.